The second-order valence-corrected chi connectivity index (χ2v) is 6.54. The van der Waals surface area contributed by atoms with Gasteiger partial charge in [0.25, 0.3) is 5.91 Å². The molecule has 0 aromatic carbocycles. The first-order valence-electron chi connectivity index (χ1n) is 8.56. The smallest absolute Gasteiger partial charge is 0.257 e. The zero-order chi connectivity index (χ0) is 15.6. The Morgan fingerprint density at radius 3 is 3.00 bits per heavy atom. The Labute approximate surface area is 135 Å². The third kappa shape index (κ3) is 2.78. The Kier molecular flexibility index (Phi) is 3.89. The van der Waals surface area contributed by atoms with Crippen molar-refractivity contribution in [1.29, 1.82) is 0 Å². The van der Waals surface area contributed by atoms with E-state index in [0.29, 0.717) is 11.5 Å². The third-order valence-corrected chi connectivity index (χ3v) is 4.98. The van der Waals surface area contributed by atoms with Crippen molar-refractivity contribution in [3.8, 4) is 0 Å². The minimum Gasteiger partial charge on any atom is -0.472 e. The van der Waals surface area contributed by atoms with E-state index in [1.54, 1.807) is 12.3 Å². The molecule has 23 heavy (non-hydrogen) atoms. The number of amides is 1. The van der Waals surface area contributed by atoms with Gasteiger partial charge >= 0.3 is 0 Å². The number of furan rings is 1. The van der Waals surface area contributed by atoms with Gasteiger partial charge in [-0.15, -0.1) is 10.2 Å². The highest BCUT2D eigenvalue weighted by molar-refractivity contribution is 5.93. The van der Waals surface area contributed by atoms with E-state index in [0.717, 1.165) is 50.5 Å². The number of hydrogen-bond donors (Lipinski definition) is 0. The van der Waals surface area contributed by atoms with Gasteiger partial charge in [0.1, 0.15) is 17.9 Å². The maximum Gasteiger partial charge on any atom is 0.257 e. The average Bonchev–Trinajstić information content (AvgIpc) is 3.20. The van der Waals surface area contributed by atoms with Crippen molar-refractivity contribution in [2.75, 3.05) is 13.1 Å². The molecule has 1 amide bonds. The Morgan fingerprint density at radius 2 is 2.13 bits per heavy atom. The maximum atomic E-state index is 12.5. The highest BCUT2D eigenvalue weighted by Crippen LogP contribution is 2.28. The fourth-order valence-electron chi connectivity index (χ4n) is 3.75. The SMILES string of the molecule is O=C(c1ccoc1)N1CCCC(c2nnc3n2CCCCC3)C1. The fourth-order valence-corrected chi connectivity index (χ4v) is 3.75. The predicted molar refractivity (Wildman–Crippen MR) is 84.2 cm³/mol. The van der Waals surface area contributed by atoms with Crippen molar-refractivity contribution in [2.24, 2.45) is 0 Å². The number of fused-ring (bicyclic) bond motifs is 1. The van der Waals surface area contributed by atoms with Gasteiger partial charge in [0.05, 0.1) is 11.8 Å². The van der Waals surface area contributed by atoms with Crippen LogP contribution >= 0.6 is 0 Å². The van der Waals surface area contributed by atoms with Crippen LogP contribution in [0.2, 0.25) is 0 Å². The average molecular weight is 314 g/mol. The molecule has 2 aliphatic heterocycles. The molecule has 0 radical (unpaired) electrons. The van der Waals surface area contributed by atoms with Crippen molar-refractivity contribution >= 4 is 5.91 Å². The number of nitrogens with zero attached hydrogens (tertiary/aromatic N) is 4. The molecule has 0 bridgehead atoms. The molecule has 0 N–H and O–H groups in total. The standard InChI is InChI=1S/C17H22N4O2/c22-17(14-7-10-23-12-14)20-8-4-5-13(11-20)16-19-18-15-6-2-1-3-9-21(15)16/h7,10,12-13H,1-6,8-9,11H2. The molecule has 0 spiro atoms. The van der Waals surface area contributed by atoms with Crippen molar-refractivity contribution in [3.05, 3.63) is 35.8 Å². The molecule has 0 saturated carbocycles. The minimum absolute atomic E-state index is 0.0547. The van der Waals surface area contributed by atoms with Gasteiger partial charge in [-0.2, -0.15) is 0 Å². The fraction of sp³-hybridized carbons (Fsp3) is 0.588. The molecular formula is C17H22N4O2. The molecule has 0 aliphatic carbocycles. The maximum absolute atomic E-state index is 12.5. The molecule has 2 aromatic rings. The molecule has 1 unspecified atom stereocenters. The van der Waals surface area contributed by atoms with E-state index in [1.807, 2.05) is 4.90 Å². The lowest BCUT2D eigenvalue weighted by atomic mass is 9.96. The van der Waals surface area contributed by atoms with Crippen LogP contribution in [-0.2, 0) is 13.0 Å². The number of aryl methyl sites for hydroxylation is 1. The van der Waals surface area contributed by atoms with Gasteiger partial charge in [-0.3, -0.25) is 4.79 Å². The van der Waals surface area contributed by atoms with Crippen LogP contribution in [0.4, 0.5) is 0 Å². The van der Waals surface area contributed by atoms with E-state index in [4.69, 9.17) is 4.42 Å². The summed E-state index contributed by atoms with van der Waals surface area (Å²) in [6, 6.07) is 1.73. The molecule has 4 heterocycles. The van der Waals surface area contributed by atoms with Gasteiger partial charge in [0.2, 0.25) is 0 Å². The number of hydrogen-bond acceptors (Lipinski definition) is 4. The predicted octanol–water partition coefficient (Wildman–Crippen LogP) is 2.62. The van der Waals surface area contributed by atoms with E-state index in [2.05, 4.69) is 14.8 Å². The zero-order valence-electron chi connectivity index (χ0n) is 13.3. The Morgan fingerprint density at radius 1 is 1.17 bits per heavy atom. The van der Waals surface area contributed by atoms with E-state index in [1.165, 1.54) is 25.5 Å². The van der Waals surface area contributed by atoms with E-state index in [9.17, 15) is 4.79 Å². The topological polar surface area (TPSA) is 64.2 Å². The molecule has 1 fully saturated rings. The van der Waals surface area contributed by atoms with Crippen molar-refractivity contribution in [3.63, 3.8) is 0 Å². The number of piperidine rings is 1. The van der Waals surface area contributed by atoms with Crippen LogP contribution in [0.25, 0.3) is 0 Å². The van der Waals surface area contributed by atoms with Crippen molar-refractivity contribution in [1.82, 2.24) is 19.7 Å². The summed E-state index contributed by atoms with van der Waals surface area (Å²) < 4.78 is 7.35. The second kappa shape index (κ2) is 6.18. The Balaban J connectivity index is 1.54. The summed E-state index contributed by atoms with van der Waals surface area (Å²) in [5, 5.41) is 8.88. The van der Waals surface area contributed by atoms with E-state index in [-0.39, 0.29) is 5.91 Å². The minimum atomic E-state index is 0.0547. The summed E-state index contributed by atoms with van der Waals surface area (Å²) >= 11 is 0. The molecule has 2 aliphatic rings. The summed E-state index contributed by atoms with van der Waals surface area (Å²) in [5.41, 5.74) is 0.630. The molecule has 2 aromatic heterocycles. The van der Waals surface area contributed by atoms with Gasteiger partial charge < -0.3 is 13.9 Å². The molecule has 1 atom stereocenters. The van der Waals surface area contributed by atoms with Gasteiger partial charge in [-0.1, -0.05) is 6.42 Å². The number of carbonyl (C=O) groups excluding carboxylic acids is 1. The lowest BCUT2D eigenvalue weighted by Gasteiger charge is -2.32. The number of likely N-dealkylation sites (tertiary alicyclic amines) is 1. The molecule has 6 heteroatoms. The first-order valence-corrected chi connectivity index (χ1v) is 8.56. The lowest BCUT2D eigenvalue weighted by Crippen LogP contribution is -2.39. The third-order valence-electron chi connectivity index (χ3n) is 4.98. The number of carbonyl (C=O) groups is 1. The molecular weight excluding hydrogens is 292 g/mol. The van der Waals surface area contributed by atoms with Crippen molar-refractivity contribution in [2.45, 2.75) is 51.0 Å². The Hall–Kier alpha value is -2.11. The largest absolute Gasteiger partial charge is 0.472 e. The molecule has 6 nitrogen and oxygen atoms in total. The zero-order valence-corrected chi connectivity index (χ0v) is 13.3. The molecule has 122 valence electrons. The second-order valence-electron chi connectivity index (χ2n) is 6.54. The molecule has 1 saturated heterocycles. The van der Waals surface area contributed by atoms with Crippen LogP contribution < -0.4 is 0 Å². The highest BCUT2D eigenvalue weighted by Gasteiger charge is 2.30. The summed E-state index contributed by atoms with van der Waals surface area (Å²) in [5.74, 6) is 2.54. The van der Waals surface area contributed by atoms with Crippen LogP contribution in [0.15, 0.2) is 23.0 Å². The van der Waals surface area contributed by atoms with Crippen molar-refractivity contribution < 1.29 is 9.21 Å². The van der Waals surface area contributed by atoms with Gasteiger partial charge in [-0.25, -0.2) is 0 Å². The van der Waals surface area contributed by atoms with Crippen LogP contribution in [-0.4, -0.2) is 38.7 Å². The van der Waals surface area contributed by atoms with E-state index < -0.39 is 0 Å². The first kappa shape index (κ1) is 14.5. The van der Waals surface area contributed by atoms with Crippen LogP contribution in [0, 0.1) is 0 Å². The van der Waals surface area contributed by atoms with Gasteiger partial charge in [-0.05, 0) is 31.7 Å². The number of aromatic nitrogens is 3. The summed E-state index contributed by atoms with van der Waals surface area (Å²) in [6.07, 6.45) is 9.85. The quantitative estimate of drug-likeness (QED) is 0.855. The monoisotopic (exact) mass is 314 g/mol. The first-order chi connectivity index (χ1) is 11.3. The van der Waals surface area contributed by atoms with Crippen LogP contribution in [0.3, 0.4) is 0 Å². The lowest BCUT2D eigenvalue weighted by molar-refractivity contribution is 0.0702. The number of rotatable bonds is 2. The van der Waals surface area contributed by atoms with E-state index >= 15 is 0 Å². The summed E-state index contributed by atoms with van der Waals surface area (Å²) in [4.78, 5) is 14.5. The van der Waals surface area contributed by atoms with Gasteiger partial charge in [0, 0.05) is 32.0 Å². The van der Waals surface area contributed by atoms with Crippen LogP contribution in [0.5, 0.6) is 0 Å². The van der Waals surface area contributed by atoms with Gasteiger partial charge in [0.15, 0.2) is 0 Å². The summed E-state index contributed by atoms with van der Waals surface area (Å²) in [7, 11) is 0. The summed E-state index contributed by atoms with van der Waals surface area (Å²) in [6.45, 7) is 2.55. The molecule has 4 rings (SSSR count). The normalized spacial score (nSPS) is 21.7. The highest BCUT2D eigenvalue weighted by atomic mass is 16.3. The Bertz CT molecular complexity index is 677. The van der Waals surface area contributed by atoms with Crippen LogP contribution in [0.1, 0.15) is 60.0 Å².